The Balaban J connectivity index is 1.44. The van der Waals surface area contributed by atoms with Gasteiger partial charge in [-0.3, -0.25) is 9.52 Å². The summed E-state index contributed by atoms with van der Waals surface area (Å²) in [7, 11) is -3.76. The number of halogens is 1. The number of benzene rings is 4. The average molecular weight is 539 g/mol. The molecule has 8 heteroatoms. The van der Waals surface area contributed by atoms with Crippen molar-refractivity contribution in [2.75, 3.05) is 10.0 Å². The number of carbonyl (C=O) groups excluding carboxylic acids is 1. The summed E-state index contributed by atoms with van der Waals surface area (Å²) in [6.45, 7) is 1.87. The average Bonchev–Trinajstić information content (AvgIpc) is 2.84. The third kappa shape index (κ3) is 5.58. The molecular formula is C26H23BrN2O4S. The number of hydrogen-bond acceptors (Lipinski definition) is 4. The van der Waals surface area contributed by atoms with Crippen LogP contribution in [0.1, 0.15) is 13.3 Å². The fourth-order valence-electron chi connectivity index (χ4n) is 3.45. The van der Waals surface area contributed by atoms with Gasteiger partial charge in [-0.2, -0.15) is 0 Å². The Kier molecular flexibility index (Phi) is 7.19. The molecule has 0 saturated carbocycles. The highest BCUT2D eigenvalue weighted by atomic mass is 79.9. The maximum absolute atomic E-state index is 12.9. The standard InChI is InChI=1S/C26H23BrN2O4S/c1-2-24(33-25-9-5-7-18-6-3-4-8-23(18)25)26(30)28-20-14-16-22(17-15-20)34(31,32)29-21-12-10-19(27)11-13-21/h3-17,24,29H,2H2,1H3,(H,28,30)/t24-/m1/s1. The molecule has 6 nitrogen and oxygen atoms in total. The first-order chi connectivity index (χ1) is 16.4. The molecular weight excluding hydrogens is 516 g/mol. The highest BCUT2D eigenvalue weighted by Crippen LogP contribution is 2.27. The summed E-state index contributed by atoms with van der Waals surface area (Å²) >= 11 is 3.32. The molecule has 2 N–H and O–H groups in total. The van der Waals surface area contributed by atoms with Crippen molar-refractivity contribution in [3.05, 3.63) is 95.5 Å². The lowest BCUT2D eigenvalue weighted by Gasteiger charge is -2.18. The van der Waals surface area contributed by atoms with Gasteiger partial charge in [0.05, 0.1) is 4.90 Å². The Hall–Kier alpha value is -3.36. The van der Waals surface area contributed by atoms with Crippen molar-refractivity contribution in [1.82, 2.24) is 0 Å². The summed E-state index contributed by atoms with van der Waals surface area (Å²) < 4.78 is 34.7. The molecule has 0 saturated heterocycles. The maximum atomic E-state index is 12.9. The number of carbonyl (C=O) groups is 1. The van der Waals surface area contributed by atoms with Crippen molar-refractivity contribution in [2.45, 2.75) is 24.3 Å². The molecule has 4 rings (SSSR count). The van der Waals surface area contributed by atoms with Crippen molar-refractivity contribution >= 4 is 54.0 Å². The first-order valence-electron chi connectivity index (χ1n) is 10.7. The molecule has 0 aliphatic rings. The van der Waals surface area contributed by atoms with Gasteiger partial charge in [0.25, 0.3) is 15.9 Å². The van der Waals surface area contributed by atoms with Crippen LogP contribution < -0.4 is 14.8 Å². The monoisotopic (exact) mass is 538 g/mol. The van der Waals surface area contributed by atoms with Crippen LogP contribution in [0.25, 0.3) is 10.8 Å². The molecule has 0 fully saturated rings. The number of fused-ring (bicyclic) bond motifs is 1. The Morgan fingerprint density at radius 1 is 0.882 bits per heavy atom. The number of nitrogens with one attached hydrogen (secondary N) is 2. The van der Waals surface area contributed by atoms with Gasteiger partial charge in [0.2, 0.25) is 0 Å². The third-order valence-corrected chi connectivity index (χ3v) is 7.14. The van der Waals surface area contributed by atoms with Gasteiger partial charge in [-0.15, -0.1) is 0 Å². The minimum atomic E-state index is -3.76. The third-order valence-electron chi connectivity index (χ3n) is 5.21. The topological polar surface area (TPSA) is 84.5 Å². The Labute approximate surface area is 207 Å². The predicted molar refractivity (Wildman–Crippen MR) is 139 cm³/mol. The van der Waals surface area contributed by atoms with Crippen LogP contribution >= 0.6 is 15.9 Å². The Morgan fingerprint density at radius 2 is 1.53 bits per heavy atom. The van der Waals surface area contributed by atoms with Crippen LogP contribution in [0, 0.1) is 0 Å². The van der Waals surface area contributed by atoms with Crippen molar-refractivity contribution in [1.29, 1.82) is 0 Å². The molecule has 0 bridgehead atoms. The molecule has 4 aromatic carbocycles. The number of sulfonamides is 1. The molecule has 1 amide bonds. The van der Waals surface area contributed by atoms with Gasteiger partial charge in [-0.05, 0) is 66.4 Å². The fraction of sp³-hybridized carbons (Fsp3) is 0.115. The van der Waals surface area contributed by atoms with E-state index in [4.69, 9.17) is 4.74 Å². The molecule has 174 valence electrons. The van der Waals surface area contributed by atoms with Crippen molar-refractivity contribution in [3.8, 4) is 5.75 Å². The van der Waals surface area contributed by atoms with Crippen LogP contribution in [-0.4, -0.2) is 20.4 Å². The molecule has 0 aliphatic heterocycles. The quantitative estimate of drug-likeness (QED) is 0.279. The summed E-state index contributed by atoms with van der Waals surface area (Å²) in [6, 6.07) is 26.4. The van der Waals surface area contributed by atoms with E-state index in [0.717, 1.165) is 15.2 Å². The first-order valence-corrected chi connectivity index (χ1v) is 13.0. The molecule has 0 spiro atoms. The summed E-state index contributed by atoms with van der Waals surface area (Å²) in [4.78, 5) is 13.0. The molecule has 0 aromatic heterocycles. The summed E-state index contributed by atoms with van der Waals surface area (Å²) in [5.41, 5.74) is 0.935. The second-order valence-electron chi connectivity index (χ2n) is 7.62. The van der Waals surface area contributed by atoms with E-state index in [1.54, 1.807) is 36.4 Å². The van der Waals surface area contributed by atoms with Crippen molar-refractivity contribution < 1.29 is 17.9 Å². The molecule has 1 atom stereocenters. The normalized spacial score (nSPS) is 12.2. The highest BCUT2D eigenvalue weighted by molar-refractivity contribution is 9.10. The van der Waals surface area contributed by atoms with Crippen LogP contribution in [0.5, 0.6) is 5.75 Å². The van der Waals surface area contributed by atoms with E-state index in [0.29, 0.717) is 23.5 Å². The van der Waals surface area contributed by atoms with Crippen molar-refractivity contribution in [2.24, 2.45) is 0 Å². The molecule has 0 unspecified atom stereocenters. The maximum Gasteiger partial charge on any atom is 0.265 e. The lowest BCUT2D eigenvalue weighted by Crippen LogP contribution is -2.32. The lowest BCUT2D eigenvalue weighted by molar-refractivity contribution is -0.122. The zero-order valence-electron chi connectivity index (χ0n) is 18.4. The largest absolute Gasteiger partial charge is 0.480 e. The number of amides is 1. The van der Waals surface area contributed by atoms with Gasteiger partial charge in [-0.1, -0.05) is 59.3 Å². The van der Waals surface area contributed by atoms with Crippen LogP contribution in [0.2, 0.25) is 0 Å². The van der Waals surface area contributed by atoms with Gasteiger partial charge < -0.3 is 10.1 Å². The summed E-state index contributed by atoms with van der Waals surface area (Å²) in [5.74, 6) is 0.333. The minimum absolute atomic E-state index is 0.0902. The number of ether oxygens (including phenoxy) is 1. The van der Waals surface area contributed by atoms with Gasteiger partial charge in [0.15, 0.2) is 6.10 Å². The van der Waals surface area contributed by atoms with E-state index >= 15 is 0 Å². The molecule has 4 aromatic rings. The zero-order chi connectivity index (χ0) is 24.1. The van der Waals surface area contributed by atoms with E-state index in [1.807, 2.05) is 49.4 Å². The lowest BCUT2D eigenvalue weighted by atomic mass is 10.1. The van der Waals surface area contributed by atoms with Crippen LogP contribution in [0.4, 0.5) is 11.4 Å². The second-order valence-corrected chi connectivity index (χ2v) is 10.2. The minimum Gasteiger partial charge on any atom is -0.480 e. The molecule has 34 heavy (non-hydrogen) atoms. The number of rotatable bonds is 8. The van der Waals surface area contributed by atoms with Crippen LogP contribution in [0.15, 0.2) is 100 Å². The molecule has 0 heterocycles. The Morgan fingerprint density at radius 3 is 2.24 bits per heavy atom. The van der Waals surface area contributed by atoms with E-state index in [1.165, 1.54) is 12.1 Å². The molecule has 0 aliphatic carbocycles. The van der Waals surface area contributed by atoms with Gasteiger partial charge >= 0.3 is 0 Å². The van der Waals surface area contributed by atoms with Gasteiger partial charge in [0.1, 0.15) is 5.75 Å². The van der Waals surface area contributed by atoms with E-state index < -0.39 is 16.1 Å². The van der Waals surface area contributed by atoms with Gasteiger partial charge in [0, 0.05) is 21.2 Å². The highest BCUT2D eigenvalue weighted by Gasteiger charge is 2.20. The number of hydrogen-bond donors (Lipinski definition) is 2. The smallest absolute Gasteiger partial charge is 0.265 e. The zero-order valence-corrected chi connectivity index (χ0v) is 20.8. The van der Waals surface area contributed by atoms with Crippen LogP contribution in [-0.2, 0) is 14.8 Å². The second kappa shape index (κ2) is 10.3. The summed E-state index contributed by atoms with van der Waals surface area (Å²) in [5, 5.41) is 4.78. The van der Waals surface area contributed by atoms with E-state index in [2.05, 4.69) is 26.0 Å². The van der Waals surface area contributed by atoms with Crippen molar-refractivity contribution in [3.63, 3.8) is 0 Å². The first kappa shape index (κ1) is 23.8. The van der Waals surface area contributed by atoms with Gasteiger partial charge in [-0.25, -0.2) is 8.42 Å². The Bertz CT molecular complexity index is 1400. The summed E-state index contributed by atoms with van der Waals surface area (Å²) in [6.07, 6.45) is -0.230. The van der Waals surface area contributed by atoms with E-state index in [9.17, 15) is 13.2 Å². The van der Waals surface area contributed by atoms with Crippen LogP contribution in [0.3, 0.4) is 0 Å². The van der Waals surface area contributed by atoms with E-state index in [-0.39, 0.29) is 10.8 Å². The predicted octanol–water partition coefficient (Wildman–Crippen LogP) is 6.20. The number of anilines is 2. The SMILES string of the molecule is CC[C@@H](Oc1cccc2ccccc12)C(=O)Nc1ccc(S(=O)(=O)Nc2ccc(Br)cc2)cc1. The molecule has 0 radical (unpaired) electrons. The fourth-order valence-corrected chi connectivity index (χ4v) is 4.77.